The summed E-state index contributed by atoms with van der Waals surface area (Å²) in [6.07, 6.45) is 3.72. The fraction of sp³-hybridized carbons (Fsp3) is 0.706. The molecule has 3 rings (SSSR count). The van der Waals surface area contributed by atoms with Gasteiger partial charge in [-0.1, -0.05) is 0 Å². The van der Waals surface area contributed by atoms with Crippen molar-refractivity contribution in [2.24, 2.45) is 11.7 Å². The number of likely N-dealkylation sites (tertiary alicyclic amines) is 2. The Morgan fingerprint density at radius 1 is 1.25 bits per heavy atom. The fourth-order valence-electron chi connectivity index (χ4n) is 3.99. The molecule has 7 nitrogen and oxygen atoms in total. The van der Waals surface area contributed by atoms with E-state index in [0.717, 1.165) is 50.2 Å². The van der Waals surface area contributed by atoms with Crippen LogP contribution in [0.3, 0.4) is 0 Å². The summed E-state index contributed by atoms with van der Waals surface area (Å²) in [7, 11) is 0. The van der Waals surface area contributed by atoms with Gasteiger partial charge in [-0.2, -0.15) is 5.10 Å². The van der Waals surface area contributed by atoms with Crippen LogP contribution in [0.15, 0.2) is 6.07 Å². The van der Waals surface area contributed by atoms with Crippen LogP contribution in [0.2, 0.25) is 0 Å². The molecule has 0 bridgehead atoms. The summed E-state index contributed by atoms with van der Waals surface area (Å²) in [5.41, 5.74) is 7.52. The molecule has 0 aliphatic carbocycles. The molecule has 0 spiro atoms. The summed E-state index contributed by atoms with van der Waals surface area (Å²) >= 11 is 0. The van der Waals surface area contributed by atoms with E-state index in [4.69, 9.17) is 5.73 Å². The van der Waals surface area contributed by atoms with Crippen LogP contribution in [0.5, 0.6) is 0 Å². The lowest BCUT2D eigenvalue weighted by Crippen LogP contribution is -2.49. The van der Waals surface area contributed by atoms with Crippen molar-refractivity contribution in [1.82, 2.24) is 19.6 Å². The molecule has 24 heavy (non-hydrogen) atoms. The van der Waals surface area contributed by atoms with Gasteiger partial charge in [0, 0.05) is 25.3 Å². The maximum absolute atomic E-state index is 13.0. The minimum Gasteiger partial charge on any atom is -0.351 e. The van der Waals surface area contributed by atoms with Crippen LogP contribution in [0.1, 0.15) is 37.1 Å². The molecular formula is C17H27N5O2. The number of carbonyl (C=O) groups excluding carboxylic acids is 2. The van der Waals surface area contributed by atoms with Crippen molar-refractivity contribution in [3.8, 4) is 0 Å². The average molecular weight is 333 g/mol. The average Bonchev–Trinajstić information content (AvgIpc) is 3.13. The zero-order valence-electron chi connectivity index (χ0n) is 14.6. The Kier molecular flexibility index (Phi) is 4.78. The van der Waals surface area contributed by atoms with E-state index in [1.807, 2.05) is 23.4 Å². The number of primary amides is 1. The van der Waals surface area contributed by atoms with Gasteiger partial charge in [-0.05, 0) is 45.6 Å². The highest BCUT2D eigenvalue weighted by Gasteiger charge is 2.36. The number of hydrogen-bond donors (Lipinski definition) is 1. The highest BCUT2D eigenvalue weighted by molar-refractivity contribution is 5.81. The molecule has 2 atom stereocenters. The van der Waals surface area contributed by atoms with Gasteiger partial charge in [0.25, 0.3) is 0 Å². The van der Waals surface area contributed by atoms with Gasteiger partial charge in [0.05, 0.1) is 24.2 Å². The lowest BCUT2D eigenvalue weighted by atomic mass is 9.96. The molecule has 2 unspecified atom stereocenters. The first-order valence-electron chi connectivity index (χ1n) is 8.81. The molecule has 3 heterocycles. The summed E-state index contributed by atoms with van der Waals surface area (Å²) in [6.45, 7) is 6.70. The van der Waals surface area contributed by atoms with Gasteiger partial charge in [0.2, 0.25) is 5.91 Å². The van der Waals surface area contributed by atoms with E-state index in [-0.39, 0.29) is 17.9 Å². The summed E-state index contributed by atoms with van der Waals surface area (Å²) in [5.74, 6) is 0.0530. The van der Waals surface area contributed by atoms with Crippen LogP contribution in [0, 0.1) is 19.8 Å². The lowest BCUT2D eigenvalue weighted by Gasteiger charge is -2.35. The monoisotopic (exact) mass is 333 g/mol. The zero-order chi connectivity index (χ0) is 17.3. The van der Waals surface area contributed by atoms with Gasteiger partial charge < -0.3 is 15.5 Å². The molecule has 2 fully saturated rings. The highest BCUT2D eigenvalue weighted by Crippen LogP contribution is 2.25. The Morgan fingerprint density at radius 2 is 2.00 bits per heavy atom. The Labute approximate surface area is 142 Å². The number of piperidine rings is 1. The number of aryl methyl sites for hydroxylation is 2. The minimum atomic E-state index is -0.423. The van der Waals surface area contributed by atoms with E-state index in [9.17, 15) is 9.59 Å². The third kappa shape index (κ3) is 3.39. The van der Waals surface area contributed by atoms with E-state index < -0.39 is 6.03 Å². The van der Waals surface area contributed by atoms with E-state index >= 15 is 0 Å². The van der Waals surface area contributed by atoms with Crippen molar-refractivity contribution in [2.75, 3.05) is 19.6 Å². The van der Waals surface area contributed by atoms with Gasteiger partial charge in [-0.25, -0.2) is 4.79 Å². The van der Waals surface area contributed by atoms with Gasteiger partial charge in [-0.15, -0.1) is 0 Å². The Bertz CT molecular complexity index is 626. The van der Waals surface area contributed by atoms with E-state index in [1.54, 1.807) is 4.90 Å². The van der Waals surface area contributed by atoms with Crippen molar-refractivity contribution in [1.29, 1.82) is 0 Å². The van der Waals surface area contributed by atoms with Crippen molar-refractivity contribution < 1.29 is 9.59 Å². The molecule has 0 saturated carbocycles. The predicted octanol–water partition coefficient (Wildman–Crippen LogP) is 1.28. The molecule has 7 heteroatoms. The molecule has 1 aromatic rings. The van der Waals surface area contributed by atoms with E-state index in [0.29, 0.717) is 13.1 Å². The van der Waals surface area contributed by atoms with Crippen LogP contribution in [-0.2, 0) is 11.3 Å². The number of rotatable bonds is 3. The van der Waals surface area contributed by atoms with Crippen LogP contribution >= 0.6 is 0 Å². The smallest absolute Gasteiger partial charge is 0.314 e. The maximum Gasteiger partial charge on any atom is 0.314 e. The van der Waals surface area contributed by atoms with Crippen molar-refractivity contribution in [2.45, 2.75) is 52.1 Å². The minimum absolute atomic E-state index is 0.118. The summed E-state index contributed by atoms with van der Waals surface area (Å²) in [4.78, 5) is 28.0. The molecule has 3 amide bonds. The first kappa shape index (κ1) is 16.8. The largest absolute Gasteiger partial charge is 0.351 e. The number of urea groups is 1. The first-order chi connectivity index (χ1) is 11.5. The molecule has 2 aliphatic heterocycles. The van der Waals surface area contributed by atoms with E-state index in [2.05, 4.69) is 11.2 Å². The van der Waals surface area contributed by atoms with Crippen LogP contribution < -0.4 is 5.73 Å². The molecule has 0 aromatic carbocycles. The molecular weight excluding hydrogens is 306 g/mol. The second kappa shape index (κ2) is 6.83. The van der Waals surface area contributed by atoms with Gasteiger partial charge in [-0.3, -0.25) is 9.48 Å². The van der Waals surface area contributed by atoms with Crippen LogP contribution in [0.25, 0.3) is 0 Å². The molecule has 1 aromatic heterocycles. The Morgan fingerprint density at radius 3 is 2.67 bits per heavy atom. The van der Waals surface area contributed by atoms with Crippen molar-refractivity contribution >= 4 is 11.9 Å². The number of hydrogen-bond acceptors (Lipinski definition) is 3. The lowest BCUT2D eigenvalue weighted by molar-refractivity contribution is -0.138. The maximum atomic E-state index is 13.0. The molecule has 2 aliphatic rings. The number of aromatic nitrogens is 2. The second-order valence-electron chi connectivity index (χ2n) is 7.06. The van der Waals surface area contributed by atoms with Gasteiger partial charge in [0.1, 0.15) is 0 Å². The summed E-state index contributed by atoms with van der Waals surface area (Å²) in [6, 6.07) is 1.83. The topological polar surface area (TPSA) is 84.5 Å². The predicted molar refractivity (Wildman–Crippen MR) is 90.3 cm³/mol. The van der Waals surface area contributed by atoms with Gasteiger partial charge in [0.15, 0.2) is 0 Å². The number of amides is 3. The third-order valence-electron chi connectivity index (χ3n) is 5.23. The van der Waals surface area contributed by atoms with Crippen molar-refractivity contribution in [3.05, 3.63) is 17.5 Å². The third-order valence-corrected chi connectivity index (χ3v) is 5.23. The van der Waals surface area contributed by atoms with Crippen molar-refractivity contribution in [3.63, 3.8) is 0 Å². The van der Waals surface area contributed by atoms with Crippen LogP contribution in [0.4, 0.5) is 4.79 Å². The zero-order valence-corrected chi connectivity index (χ0v) is 14.6. The fourth-order valence-corrected chi connectivity index (χ4v) is 3.99. The van der Waals surface area contributed by atoms with Gasteiger partial charge >= 0.3 is 6.03 Å². The second-order valence-corrected chi connectivity index (χ2v) is 7.06. The highest BCUT2D eigenvalue weighted by atomic mass is 16.2. The van der Waals surface area contributed by atoms with Crippen LogP contribution in [-0.4, -0.2) is 57.2 Å². The standard InChI is InChI=1S/C17H27N5O2/c1-12-9-13(2)22(19-12)11-15-6-4-8-21(15)16(23)14-5-3-7-20(10-14)17(18)24/h9,14-15H,3-8,10-11H2,1-2H3,(H2,18,24). The SMILES string of the molecule is Cc1cc(C)n(CC2CCCN2C(=O)C2CCCN(C(N)=O)C2)n1. The molecule has 132 valence electrons. The number of carbonyl (C=O) groups is 2. The Hall–Kier alpha value is -2.05. The summed E-state index contributed by atoms with van der Waals surface area (Å²) < 4.78 is 2.00. The first-order valence-corrected chi connectivity index (χ1v) is 8.81. The molecule has 0 radical (unpaired) electrons. The number of nitrogens with two attached hydrogens (primary N) is 1. The Balaban J connectivity index is 1.67. The normalized spacial score (nSPS) is 24.4. The quantitative estimate of drug-likeness (QED) is 0.904. The molecule has 2 N–H and O–H groups in total. The summed E-state index contributed by atoms with van der Waals surface area (Å²) in [5, 5.41) is 4.52. The number of nitrogens with zero attached hydrogens (tertiary/aromatic N) is 4. The molecule has 2 saturated heterocycles. The van der Waals surface area contributed by atoms with E-state index in [1.165, 1.54) is 0 Å².